The zero-order valence-electron chi connectivity index (χ0n) is 14.0. The number of thiocarbonyl (C=S) groups is 1. The molecule has 1 aliphatic rings. The SMILES string of the molecule is COc1cc2c(cc1NC(=S)NC[C@H]1CCCO1)oc1ccccc12. The summed E-state index contributed by atoms with van der Waals surface area (Å²) in [7, 11) is 1.65. The Balaban J connectivity index is 1.57. The van der Waals surface area contributed by atoms with E-state index < -0.39 is 0 Å². The second kappa shape index (κ2) is 6.90. The number of benzene rings is 2. The second-order valence-electron chi connectivity index (χ2n) is 6.12. The predicted molar refractivity (Wildman–Crippen MR) is 103 cm³/mol. The van der Waals surface area contributed by atoms with Crippen molar-refractivity contribution in [2.24, 2.45) is 0 Å². The molecule has 1 aliphatic heterocycles. The van der Waals surface area contributed by atoms with Crippen LogP contribution >= 0.6 is 12.2 Å². The van der Waals surface area contributed by atoms with Gasteiger partial charge in [-0.2, -0.15) is 0 Å². The first-order chi connectivity index (χ1) is 12.2. The molecule has 0 bridgehead atoms. The van der Waals surface area contributed by atoms with E-state index >= 15 is 0 Å². The van der Waals surface area contributed by atoms with Crippen molar-refractivity contribution in [2.45, 2.75) is 18.9 Å². The number of rotatable bonds is 4. The van der Waals surface area contributed by atoms with Crippen molar-refractivity contribution in [3.8, 4) is 5.75 Å². The number of methoxy groups -OCH3 is 1. The lowest BCUT2D eigenvalue weighted by atomic mass is 10.1. The van der Waals surface area contributed by atoms with Crippen LogP contribution < -0.4 is 15.4 Å². The Hall–Kier alpha value is -2.31. The van der Waals surface area contributed by atoms with E-state index in [1.165, 1.54) is 0 Å². The highest BCUT2D eigenvalue weighted by Crippen LogP contribution is 2.36. The molecule has 1 aromatic heterocycles. The van der Waals surface area contributed by atoms with Crippen LogP contribution in [-0.2, 0) is 4.74 Å². The molecule has 3 aromatic rings. The van der Waals surface area contributed by atoms with Gasteiger partial charge in [-0.05, 0) is 37.2 Å². The van der Waals surface area contributed by atoms with Crippen molar-refractivity contribution >= 4 is 45.0 Å². The van der Waals surface area contributed by atoms with Crippen LogP contribution in [0.4, 0.5) is 5.69 Å². The molecular formula is C19H20N2O3S. The Morgan fingerprint density at radius 1 is 1.24 bits per heavy atom. The average Bonchev–Trinajstić information content (AvgIpc) is 3.26. The number of hydrogen-bond acceptors (Lipinski definition) is 4. The van der Waals surface area contributed by atoms with Crippen LogP contribution in [0.25, 0.3) is 21.9 Å². The summed E-state index contributed by atoms with van der Waals surface area (Å²) in [5.41, 5.74) is 2.43. The number of fused-ring (bicyclic) bond motifs is 3. The molecule has 0 saturated carbocycles. The van der Waals surface area contributed by atoms with Crippen molar-refractivity contribution in [3.05, 3.63) is 36.4 Å². The minimum atomic E-state index is 0.236. The van der Waals surface area contributed by atoms with Crippen molar-refractivity contribution in [2.75, 3.05) is 25.6 Å². The molecule has 5 nitrogen and oxygen atoms in total. The van der Waals surface area contributed by atoms with Crippen LogP contribution in [-0.4, -0.2) is 31.5 Å². The van der Waals surface area contributed by atoms with Crippen LogP contribution in [0.2, 0.25) is 0 Å². The first kappa shape index (κ1) is 16.2. The van der Waals surface area contributed by atoms with E-state index in [0.29, 0.717) is 11.7 Å². The first-order valence-electron chi connectivity index (χ1n) is 8.40. The van der Waals surface area contributed by atoms with Crippen molar-refractivity contribution < 1.29 is 13.9 Å². The first-order valence-corrected chi connectivity index (χ1v) is 8.81. The Morgan fingerprint density at radius 2 is 2.12 bits per heavy atom. The number of para-hydroxylation sites is 1. The molecule has 130 valence electrons. The molecule has 2 aromatic carbocycles. The molecule has 0 radical (unpaired) electrons. The van der Waals surface area contributed by atoms with Gasteiger partial charge >= 0.3 is 0 Å². The highest BCUT2D eigenvalue weighted by atomic mass is 32.1. The van der Waals surface area contributed by atoms with Gasteiger partial charge in [-0.15, -0.1) is 0 Å². The number of ether oxygens (including phenoxy) is 2. The van der Waals surface area contributed by atoms with Crippen LogP contribution in [0.5, 0.6) is 5.75 Å². The molecule has 6 heteroatoms. The third-order valence-corrected chi connectivity index (χ3v) is 4.71. The van der Waals surface area contributed by atoms with Crippen LogP contribution in [0, 0.1) is 0 Å². The third kappa shape index (κ3) is 3.27. The summed E-state index contributed by atoms with van der Waals surface area (Å²) in [6.07, 6.45) is 2.42. The van der Waals surface area contributed by atoms with E-state index in [1.807, 2.05) is 36.4 Å². The molecule has 2 heterocycles. The van der Waals surface area contributed by atoms with Crippen LogP contribution in [0.1, 0.15) is 12.8 Å². The van der Waals surface area contributed by atoms with Crippen LogP contribution in [0.3, 0.4) is 0 Å². The maximum Gasteiger partial charge on any atom is 0.170 e. The van der Waals surface area contributed by atoms with Gasteiger partial charge in [0.05, 0.1) is 18.9 Å². The number of anilines is 1. The van der Waals surface area contributed by atoms with E-state index in [4.69, 9.17) is 26.1 Å². The Bertz CT molecular complexity index is 916. The van der Waals surface area contributed by atoms with Gasteiger partial charge in [0.2, 0.25) is 0 Å². The van der Waals surface area contributed by atoms with Gasteiger partial charge in [0.1, 0.15) is 16.9 Å². The van der Waals surface area contributed by atoms with Crippen LogP contribution in [0.15, 0.2) is 40.8 Å². The molecule has 0 amide bonds. The molecule has 1 saturated heterocycles. The highest BCUT2D eigenvalue weighted by Gasteiger charge is 2.16. The van der Waals surface area contributed by atoms with Gasteiger partial charge in [-0.3, -0.25) is 0 Å². The fourth-order valence-electron chi connectivity index (χ4n) is 3.20. The van der Waals surface area contributed by atoms with E-state index in [2.05, 4.69) is 10.6 Å². The molecule has 2 N–H and O–H groups in total. The maximum atomic E-state index is 5.94. The second-order valence-corrected chi connectivity index (χ2v) is 6.53. The molecule has 0 spiro atoms. The van der Waals surface area contributed by atoms with Crippen molar-refractivity contribution in [1.29, 1.82) is 0 Å². The Kier molecular flexibility index (Phi) is 4.46. The van der Waals surface area contributed by atoms with E-state index in [-0.39, 0.29) is 6.10 Å². The minimum Gasteiger partial charge on any atom is -0.495 e. The van der Waals surface area contributed by atoms with Gasteiger partial charge in [0.25, 0.3) is 0 Å². The summed E-state index contributed by atoms with van der Waals surface area (Å²) in [5, 5.41) is 9.05. The van der Waals surface area contributed by atoms with Gasteiger partial charge < -0.3 is 24.5 Å². The summed E-state index contributed by atoms with van der Waals surface area (Å²) >= 11 is 5.40. The molecule has 1 atom stereocenters. The summed E-state index contributed by atoms with van der Waals surface area (Å²) in [4.78, 5) is 0. The lowest BCUT2D eigenvalue weighted by molar-refractivity contribution is 0.114. The monoisotopic (exact) mass is 356 g/mol. The van der Waals surface area contributed by atoms with E-state index in [9.17, 15) is 0 Å². The fraction of sp³-hybridized carbons (Fsp3) is 0.316. The quantitative estimate of drug-likeness (QED) is 0.688. The highest BCUT2D eigenvalue weighted by molar-refractivity contribution is 7.80. The summed E-state index contributed by atoms with van der Waals surface area (Å²) in [6, 6.07) is 11.9. The standard InChI is InChI=1S/C19H20N2O3S/c1-22-18-9-14-13-6-2-3-7-16(13)24-17(14)10-15(18)21-19(25)20-11-12-5-4-8-23-12/h2-3,6-7,9-10,12H,4-5,8,11H2,1H3,(H2,20,21,25)/t12-/m1/s1. The molecular weight excluding hydrogens is 336 g/mol. The lowest BCUT2D eigenvalue weighted by Gasteiger charge is -2.15. The minimum absolute atomic E-state index is 0.236. The molecule has 0 aliphatic carbocycles. The fourth-order valence-corrected chi connectivity index (χ4v) is 3.39. The average molecular weight is 356 g/mol. The topological polar surface area (TPSA) is 55.7 Å². The number of furan rings is 1. The number of hydrogen-bond donors (Lipinski definition) is 2. The molecule has 25 heavy (non-hydrogen) atoms. The van der Waals surface area contributed by atoms with Gasteiger partial charge in [0.15, 0.2) is 5.11 Å². The Morgan fingerprint density at radius 3 is 2.92 bits per heavy atom. The molecule has 4 rings (SSSR count). The summed E-state index contributed by atoms with van der Waals surface area (Å²) in [5.74, 6) is 0.723. The maximum absolute atomic E-state index is 5.94. The summed E-state index contributed by atoms with van der Waals surface area (Å²) < 4.78 is 17.1. The smallest absolute Gasteiger partial charge is 0.170 e. The normalized spacial score (nSPS) is 17.1. The predicted octanol–water partition coefficient (Wildman–Crippen LogP) is 4.06. The largest absolute Gasteiger partial charge is 0.495 e. The van der Waals surface area contributed by atoms with Gasteiger partial charge in [-0.1, -0.05) is 18.2 Å². The number of nitrogens with one attached hydrogen (secondary N) is 2. The molecule has 1 fully saturated rings. The zero-order chi connectivity index (χ0) is 17.2. The summed E-state index contributed by atoms with van der Waals surface area (Å²) in [6.45, 7) is 1.55. The third-order valence-electron chi connectivity index (χ3n) is 4.46. The van der Waals surface area contributed by atoms with E-state index in [0.717, 1.165) is 52.8 Å². The van der Waals surface area contributed by atoms with Crippen molar-refractivity contribution in [1.82, 2.24) is 5.32 Å². The Labute approximate surface area is 151 Å². The molecule has 0 unspecified atom stereocenters. The lowest BCUT2D eigenvalue weighted by Crippen LogP contribution is -2.34. The van der Waals surface area contributed by atoms with E-state index in [1.54, 1.807) is 7.11 Å². The zero-order valence-corrected chi connectivity index (χ0v) is 14.8. The van der Waals surface area contributed by atoms with Crippen molar-refractivity contribution in [3.63, 3.8) is 0 Å². The van der Waals surface area contributed by atoms with Gasteiger partial charge in [0, 0.05) is 30.0 Å². The van der Waals surface area contributed by atoms with Gasteiger partial charge in [-0.25, -0.2) is 0 Å².